The molecule has 0 aliphatic carbocycles. The molecule has 1 aromatic heterocycles. The third-order valence-electron chi connectivity index (χ3n) is 4.25. The highest BCUT2D eigenvalue weighted by atomic mass is 35.5. The van der Waals surface area contributed by atoms with Crippen LogP contribution in [0, 0.1) is 5.82 Å². The molecular weight excluding hydrogens is 355 g/mol. The van der Waals surface area contributed by atoms with Crippen LogP contribution in [0.25, 0.3) is 0 Å². The molecule has 0 bridgehead atoms. The standard InChI is InChI=1S/C16H16ClFN2O5/c17-13-12(22)11(8-21)25-16(13,6-9-4-2-1-3-5-9)20-7-10(18)14(23)19-15(20)24/h1-5,7,11-13,21-22H,6,8H2,(H,19,23,24)/t11-,12-,13-,16-/m1/s1. The quantitative estimate of drug-likeness (QED) is 0.654. The Balaban J connectivity index is 2.18. The first-order valence-corrected chi connectivity index (χ1v) is 7.99. The van der Waals surface area contributed by atoms with E-state index < -0.39 is 47.0 Å². The van der Waals surface area contributed by atoms with Crippen molar-refractivity contribution in [3.63, 3.8) is 0 Å². The number of aromatic amines is 1. The Morgan fingerprint density at radius 3 is 2.60 bits per heavy atom. The summed E-state index contributed by atoms with van der Waals surface area (Å²) in [5.74, 6) is -1.19. The summed E-state index contributed by atoms with van der Waals surface area (Å²) in [4.78, 5) is 25.5. The van der Waals surface area contributed by atoms with E-state index in [0.29, 0.717) is 11.8 Å². The average Bonchev–Trinajstić information content (AvgIpc) is 2.84. The van der Waals surface area contributed by atoms with Gasteiger partial charge in [-0.05, 0) is 5.56 Å². The van der Waals surface area contributed by atoms with Crippen molar-refractivity contribution < 1.29 is 19.3 Å². The normalized spacial score (nSPS) is 29.0. The highest BCUT2D eigenvalue weighted by molar-refractivity contribution is 6.21. The largest absolute Gasteiger partial charge is 0.394 e. The third-order valence-corrected chi connectivity index (χ3v) is 4.85. The van der Waals surface area contributed by atoms with Crippen molar-refractivity contribution in [2.45, 2.75) is 29.7 Å². The number of aliphatic hydroxyl groups excluding tert-OH is 2. The maximum absolute atomic E-state index is 13.8. The van der Waals surface area contributed by atoms with Gasteiger partial charge in [-0.3, -0.25) is 14.3 Å². The molecule has 1 aliphatic rings. The SMILES string of the molecule is O=c1[nH]c(=O)n([C@]2(Cc3ccccc3)O[C@H](CO)[C@@H](O)[C@H]2Cl)cc1F. The van der Waals surface area contributed by atoms with E-state index in [1.54, 1.807) is 30.3 Å². The maximum atomic E-state index is 13.8. The topological polar surface area (TPSA) is 105 Å². The zero-order valence-corrected chi connectivity index (χ0v) is 13.7. The van der Waals surface area contributed by atoms with Crippen LogP contribution in [0.2, 0.25) is 0 Å². The summed E-state index contributed by atoms with van der Waals surface area (Å²) in [5, 5.41) is 18.5. The first kappa shape index (κ1) is 17.8. The summed E-state index contributed by atoms with van der Waals surface area (Å²) in [7, 11) is 0. The molecule has 4 atom stereocenters. The number of hydrogen-bond acceptors (Lipinski definition) is 5. The van der Waals surface area contributed by atoms with Crippen LogP contribution >= 0.6 is 11.6 Å². The van der Waals surface area contributed by atoms with Crippen LogP contribution in [-0.4, -0.2) is 44.0 Å². The Morgan fingerprint density at radius 2 is 2.00 bits per heavy atom. The Bertz CT molecular complexity index is 871. The number of hydrogen-bond donors (Lipinski definition) is 3. The number of nitrogens with one attached hydrogen (secondary N) is 1. The van der Waals surface area contributed by atoms with Gasteiger partial charge < -0.3 is 14.9 Å². The molecule has 1 fully saturated rings. The molecule has 0 unspecified atom stereocenters. The second-order valence-corrected chi connectivity index (χ2v) is 6.31. The predicted molar refractivity (Wildman–Crippen MR) is 87.0 cm³/mol. The van der Waals surface area contributed by atoms with Crippen molar-refractivity contribution in [2.75, 3.05) is 6.61 Å². The molecule has 3 rings (SSSR count). The van der Waals surface area contributed by atoms with Crippen LogP contribution in [0.1, 0.15) is 5.56 Å². The maximum Gasteiger partial charge on any atom is 0.330 e. The number of H-pyrrole nitrogens is 1. The average molecular weight is 371 g/mol. The molecular formula is C16H16ClFN2O5. The Hall–Kier alpha value is -2.00. The van der Waals surface area contributed by atoms with E-state index in [1.165, 1.54) is 0 Å². The highest BCUT2D eigenvalue weighted by Gasteiger charge is 2.55. The van der Waals surface area contributed by atoms with Crippen LogP contribution in [0.5, 0.6) is 0 Å². The van der Waals surface area contributed by atoms with Crippen molar-refractivity contribution >= 4 is 11.6 Å². The number of aromatic nitrogens is 2. The molecule has 3 N–H and O–H groups in total. The number of benzene rings is 1. The molecule has 1 saturated heterocycles. The fourth-order valence-electron chi connectivity index (χ4n) is 3.03. The molecule has 134 valence electrons. The molecule has 0 amide bonds. The summed E-state index contributed by atoms with van der Waals surface area (Å²) >= 11 is 6.35. The van der Waals surface area contributed by atoms with Crippen LogP contribution in [0.3, 0.4) is 0 Å². The first-order valence-electron chi connectivity index (χ1n) is 7.56. The lowest BCUT2D eigenvalue weighted by atomic mass is 9.97. The minimum Gasteiger partial charge on any atom is -0.394 e. The Kier molecular flexibility index (Phi) is 4.79. The van der Waals surface area contributed by atoms with Gasteiger partial charge in [0.2, 0.25) is 5.82 Å². The highest BCUT2D eigenvalue weighted by Crippen LogP contribution is 2.40. The molecule has 9 heteroatoms. The number of rotatable bonds is 4. The molecule has 25 heavy (non-hydrogen) atoms. The number of ether oxygens (including phenoxy) is 1. The Labute approximate surface area is 146 Å². The van der Waals surface area contributed by atoms with Crippen molar-refractivity contribution in [3.05, 3.63) is 68.7 Å². The van der Waals surface area contributed by atoms with E-state index in [0.717, 1.165) is 4.57 Å². The summed E-state index contributed by atoms with van der Waals surface area (Å²) in [5.41, 5.74) is -3.08. The summed E-state index contributed by atoms with van der Waals surface area (Å²) < 4.78 is 20.4. The van der Waals surface area contributed by atoms with Gasteiger partial charge in [0.15, 0.2) is 5.72 Å². The number of nitrogens with zero attached hydrogens (tertiary/aromatic N) is 1. The molecule has 0 saturated carbocycles. The first-order chi connectivity index (χ1) is 11.9. The number of halogens is 2. The molecule has 2 aromatic rings. The molecule has 1 aliphatic heterocycles. The van der Waals surface area contributed by atoms with Crippen LogP contribution in [-0.2, 0) is 16.9 Å². The number of aliphatic hydroxyl groups is 2. The molecule has 7 nitrogen and oxygen atoms in total. The fourth-order valence-corrected chi connectivity index (χ4v) is 3.42. The Morgan fingerprint density at radius 1 is 1.32 bits per heavy atom. The minimum absolute atomic E-state index is 0.0148. The summed E-state index contributed by atoms with van der Waals surface area (Å²) in [6.45, 7) is -0.540. The van der Waals surface area contributed by atoms with Gasteiger partial charge >= 0.3 is 5.69 Å². The predicted octanol–water partition coefficient (Wildman–Crippen LogP) is -0.0694. The van der Waals surface area contributed by atoms with Gasteiger partial charge in [-0.25, -0.2) is 4.79 Å². The fraction of sp³-hybridized carbons (Fsp3) is 0.375. The van der Waals surface area contributed by atoms with Crippen LogP contribution in [0.15, 0.2) is 46.1 Å². The number of alkyl halides is 1. The van der Waals surface area contributed by atoms with Gasteiger partial charge in [0.25, 0.3) is 5.56 Å². The van der Waals surface area contributed by atoms with Crippen LogP contribution in [0.4, 0.5) is 4.39 Å². The van der Waals surface area contributed by atoms with Crippen molar-refractivity contribution in [3.8, 4) is 0 Å². The second-order valence-electron chi connectivity index (χ2n) is 5.84. The van der Waals surface area contributed by atoms with Gasteiger partial charge in [0.1, 0.15) is 17.6 Å². The van der Waals surface area contributed by atoms with E-state index in [-0.39, 0.29) is 6.42 Å². The van der Waals surface area contributed by atoms with Crippen molar-refractivity contribution in [1.82, 2.24) is 9.55 Å². The minimum atomic E-state index is -1.68. The molecule has 2 heterocycles. The lowest BCUT2D eigenvalue weighted by Gasteiger charge is -2.33. The molecule has 1 aromatic carbocycles. The van der Waals surface area contributed by atoms with Gasteiger partial charge in [0, 0.05) is 6.42 Å². The third kappa shape index (κ3) is 3.02. The van der Waals surface area contributed by atoms with E-state index in [9.17, 15) is 24.2 Å². The zero-order valence-electron chi connectivity index (χ0n) is 12.9. The van der Waals surface area contributed by atoms with E-state index in [4.69, 9.17) is 16.3 Å². The van der Waals surface area contributed by atoms with Gasteiger partial charge in [-0.2, -0.15) is 4.39 Å². The summed E-state index contributed by atoms with van der Waals surface area (Å²) in [6, 6.07) is 8.82. The van der Waals surface area contributed by atoms with Gasteiger partial charge in [-0.15, -0.1) is 11.6 Å². The molecule has 0 radical (unpaired) electrons. The van der Waals surface area contributed by atoms with E-state index in [2.05, 4.69) is 0 Å². The van der Waals surface area contributed by atoms with E-state index in [1.807, 2.05) is 4.98 Å². The second kappa shape index (κ2) is 6.72. The van der Waals surface area contributed by atoms with Crippen molar-refractivity contribution in [2.24, 2.45) is 0 Å². The zero-order chi connectivity index (χ0) is 18.2. The lowest BCUT2D eigenvalue weighted by Crippen LogP contribution is -2.51. The lowest BCUT2D eigenvalue weighted by molar-refractivity contribution is -0.118. The van der Waals surface area contributed by atoms with Gasteiger partial charge in [0.05, 0.1) is 12.8 Å². The summed E-state index contributed by atoms with van der Waals surface area (Å²) in [6.07, 6.45) is -1.64. The van der Waals surface area contributed by atoms with Crippen LogP contribution < -0.4 is 11.2 Å². The smallest absolute Gasteiger partial charge is 0.330 e. The molecule has 0 spiro atoms. The van der Waals surface area contributed by atoms with Gasteiger partial charge in [-0.1, -0.05) is 30.3 Å². The van der Waals surface area contributed by atoms with E-state index >= 15 is 0 Å². The van der Waals surface area contributed by atoms with Crippen molar-refractivity contribution in [1.29, 1.82) is 0 Å². The monoisotopic (exact) mass is 370 g/mol.